The smallest absolute Gasteiger partial charge is 0.302 e. The van der Waals surface area contributed by atoms with Crippen molar-refractivity contribution in [2.24, 2.45) is 0 Å². The van der Waals surface area contributed by atoms with Crippen molar-refractivity contribution in [3.05, 3.63) is 64.7 Å². The summed E-state index contributed by atoms with van der Waals surface area (Å²) in [5.41, 5.74) is 1.87. The van der Waals surface area contributed by atoms with Crippen molar-refractivity contribution in [2.75, 3.05) is 19.8 Å². The third-order valence-electron chi connectivity index (χ3n) is 4.01. The molecule has 2 aromatic carbocycles. The van der Waals surface area contributed by atoms with E-state index < -0.39 is 6.10 Å². The minimum atomic E-state index is -0.623. The third-order valence-corrected chi connectivity index (χ3v) is 4.25. The van der Waals surface area contributed by atoms with Gasteiger partial charge in [-0.2, -0.15) is 0 Å². The van der Waals surface area contributed by atoms with Crippen LogP contribution >= 0.6 is 11.6 Å². The Morgan fingerprint density at radius 2 is 1.96 bits per heavy atom. The Balaban J connectivity index is 1.70. The van der Waals surface area contributed by atoms with Gasteiger partial charge in [0.1, 0.15) is 12.4 Å². The van der Waals surface area contributed by atoms with Gasteiger partial charge in [0.15, 0.2) is 0 Å². The number of nitrogens with one attached hydrogen (secondary N) is 1. The molecule has 2 aromatic rings. The van der Waals surface area contributed by atoms with Crippen molar-refractivity contribution < 1.29 is 19.4 Å². The SMILES string of the molecule is CC(=O)OCCc1ccc(OCC(C)NCC(O)c2cccc(Cl)c2)cc1. The van der Waals surface area contributed by atoms with Crippen LogP contribution in [0.2, 0.25) is 5.02 Å². The molecule has 0 aliphatic rings. The lowest BCUT2D eigenvalue weighted by Gasteiger charge is -2.18. The molecule has 27 heavy (non-hydrogen) atoms. The molecule has 2 N–H and O–H groups in total. The van der Waals surface area contributed by atoms with E-state index >= 15 is 0 Å². The summed E-state index contributed by atoms with van der Waals surface area (Å²) in [6.07, 6.45) is 0.0572. The van der Waals surface area contributed by atoms with Crippen LogP contribution in [-0.2, 0) is 16.0 Å². The zero-order valence-corrected chi connectivity index (χ0v) is 16.4. The number of aliphatic hydroxyl groups is 1. The molecule has 0 spiro atoms. The molecule has 6 heteroatoms. The van der Waals surface area contributed by atoms with Gasteiger partial charge < -0.3 is 19.9 Å². The molecule has 0 bridgehead atoms. The largest absolute Gasteiger partial charge is 0.492 e. The van der Waals surface area contributed by atoms with E-state index in [0.29, 0.717) is 31.2 Å². The molecule has 0 heterocycles. The Bertz CT molecular complexity index is 720. The van der Waals surface area contributed by atoms with Gasteiger partial charge in [-0.1, -0.05) is 35.9 Å². The van der Waals surface area contributed by atoms with Gasteiger partial charge in [-0.05, 0) is 42.3 Å². The Morgan fingerprint density at radius 3 is 2.63 bits per heavy atom. The molecule has 2 unspecified atom stereocenters. The molecule has 5 nitrogen and oxygen atoms in total. The maximum Gasteiger partial charge on any atom is 0.302 e. The van der Waals surface area contributed by atoms with Crippen molar-refractivity contribution in [1.82, 2.24) is 5.32 Å². The van der Waals surface area contributed by atoms with Crippen LogP contribution < -0.4 is 10.1 Å². The second-order valence-electron chi connectivity index (χ2n) is 6.43. The number of rotatable bonds is 10. The van der Waals surface area contributed by atoms with Crippen LogP contribution in [0.5, 0.6) is 5.75 Å². The van der Waals surface area contributed by atoms with Crippen LogP contribution in [0.1, 0.15) is 31.1 Å². The van der Waals surface area contributed by atoms with E-state index in [1.54, 1.807) is 12.1 Å². The number of carbonyl (C=O) groups is 1. The highest BCUT2D eigenvalue weighted by Crippen LogP contribution is 2.17. The van der Waals surface area contributed by atoms with E-state index in [1.165, 1.54) is 6.92 Å². The highest BCUT2D eigenvalue weighted by atomic mass is 35.5. The quantitative estimate of drug-likeness (QED) is 0.606. The summed E-state index contributed by atoms with van der Waals surface area (Å²) in [6.45, 7) is 4.68. The summed E-state index contributed by atoms with van der Waals surface area (Å²) >= 11 is 5.95. The number of hydrogen-bond acceptors (Lipinski definition) is 5. The van der Waals surface area contributed by atoms with E-state index in [9.17, 15) is 9.90 Å². The Hall–Kier alpha value is -2.08. The summed E-state index contributed by atoms with van der Waals surface area (Å²) in [4.78, 5) is 10.8. The highest BCUT2D eigenvalue weighted by molar-refractivity contribution is 6.30. The predicted octanol–water partition coefficient (Wildman–Crippen LogP) is 3.54. The van der Waals surface area contributed by atoms with Crippen LogP contribution in [-0.4, -0.2) is 36.9 Å². The summed E-state index contributed by atoms with van der Waals surface area (Å²) in [5.74, 6) is 0.507. The standard InChI is InChI=1S/C21H26ClNO4/c1-15(23-13-21(25)18-4-3-5-19(22)12-18)14-27-20-8-6-17(7-9-20)10-11-26-16(2)24/h3-9,12,15,21,23,25H,10-11,13-14H2,1-2H3. The molecular formula is C21H26ClNO4. The summed E-state index contributed by atoms with van der Waals surface area (Å²) in [6, 6.07) is 15.0. The number of ether oxygens (including phenoxy) is 2. The molecule has 0 fully saturated rings. The van der Waals surface area contributed by atoms with Gasteiger partial charge in [0.25, 0.3) is 0 Å². The Morgan fingerprint density at radius 1 is 1.22 bits per heavy atom. The first-order valence-electron chi connectivity index (χ1n) is 8.96. The van der Waals surface area contributed by atoms with Crippen LogP contribution in [0.15, 0.2) is 48.5 Å². The average Bonchev–Trinajstić information content (AvgIpc) is 2.65. The van der Waals surface area contributed by atoms with Gasteiger partial charge in [-0.25, -0.2) is 0 Å². The summed E-state index contributed by atoms with van der Waals surface area (Å²) < 4.78 is 10.7. The molecule has 0 aliphatic carbocycles. The van der Waals surface area contributed by atoms with E-state index in [2.05, 4.69) is 5.32 Å². The summed E-state index contributed by atoms with van der Waals surface area (Å²) in [5, 5.41) is 14.1. The van der Waals surface area contributed by atoms with Crippen LogP contribution in [0.4, 0.5) is 0 Å². The van der Waals surface area contributed by atoms with Gasteiger partial charge >= 0.3 is 5.97 Å². The number of aliphatic hydroxyl groups excluding tert-OH is 1. The first-order valence-corrected chi connectivity index (χ1v) is 9.34. The van der Waals surface area contributed by atoms with Gasteiger partial charge in [0.2, 0.25) is 0 Å². The van der Waals surface area contributed by atoms with Crippen molar-refractivity contribution in [2.45, 2.75) is 32.4 Å². The number of benzene rings is 2. The molecule has 2 atom stereocenters. The fourth-order valence-electron chi connectivity index (χ4n) is 2.49. The molecule has 0 amide bonds. The summed E-state index contributed by atoms with van der Waals surface area (Å²) in [7, 11) is 0. The van der Waals surface area contributed by atoms with Crippen molar-refractivity contribution in [3.63, 3.8) is 0 Å². The lowest BCUT2D eigenvalue weighted by molar-refractivity contribution is -0.140. The number of hydrogen-bond donors (Lipinski definition) is 2. The van der Waals surface area contributed by atoms with Gasteiger partial charge in [-0.15, -0.1) is 0 Å². The van der Waals surface area contributed by atoms with Crippen molar-refractivity contribution >= 4 is 17.6 Å². The Kier molecular flexibility index (Phi) is 8.58. The maximum atomic E-state index is 10.8. The first-order chi connectivity index (χ1) is 12.9. The molecule has 146 valence electrons. The van der Waals surface area contributed by atoms with Gasteiger partial charge in [-0.3, -0.25) is 4.79 Å². The van der Waals surface area contributed by atoms with E-state index in [4.69, 9.17) is 21.1 Å². The topological polar surface area (TPSA) is 67.8 Å². The second-order valence-corrected chi connectivity index (χ2v) is 6.86. The second kappa shape index (κ2) is 10.9. The van der Waals surface area contributed by atoms with Crippen LogP contribution in [0.25, 0.3) is 0 Å². The normalized spacial score (nSPS) is 13.0. The van der Waals surface area contributed by atoms with E-state index in [-0.39, 0.29) is 12.0 Å². The minimum absolute atomic E-state index is 0.0717. The molecule has 0 aliphatic heterocycles. The van der Waals surface area contributed by atoms with Crippen LogP contribution in [0.3, 0.4) is 0 Å². The van der Waals surface area contributed by atoms with E-state index in [0.717, 1.165) is 16.9 Å². The predicted molar refractivity (Wildman–Crippen MR) is 106 cm³/mol. The maximum absolute atomic E-state index is 10.8. The molecule has 0 radical (unpaired) electrons. The van der Waals surface area contributed by atoms with Crippen molar-refractivity contribution in [1.29, 1.82) is 0 Å². The van der Waals surface area contributed by atoms with E-state index in [1.807, 2.05) is 43.3 Å². The third kappa shape index (κ3) is 7.99. The fraction of sp³-hybridized carbons (Fsp3) is 0.381. The minimum Gasteiger partial charge on any atom is -0.492 e. The lowest BCUT2D eigenvalue weighted by Crippen LogP contribution is -2.34. The average molecular weight is 392 g/mol. The molecule has 0 saturated carbocycles. The van der Waals surface area contributed by atoms with Crippen molar-refractivity contribution in [3.8, 4) is 5.75 Å². The number of halogens is 1. The van der Waals surface area contributed by atoms with Gasteiger partial charge in [0, 0.05) is 31.0 Å². The first kappa shape index (κ1) is 21.2. The number of carbonyl (C=O) groups excluding carboxylic acids is 1. The van der Waals surface area contributed by atoms with Crippen LogP contribution in [0, 0.1) is 0 Å². The van der Waals surface area contributed by atoms with Gasteiger partial charge in [0.05, 0.1) is 12.7 Å². The Labute approximate surface area is 165 Å². The number of esters is 1. The molecule has 2 rings (SSSR count). The zero-order chi connectivity index (χ0) is 19.6. The fourth-order valence-corrected chi connectivity index (χ4v) is 2.69. The molecule has 0 aromatic heterocycles. The monoisotopic (exact) mass is 391 g/mol. The molecule has 0 saturated heterocycles. The highest BCUT2D eigenvalue weighted by Gasteiger charge is 2.10. The zero-order valence-electron chi connectivity index (χ0n) is 15.7. The molecular weight excluding hydrogens is 366 g/mol. The lowest BCUT2D eigenvalue weighted by atomic mass is 10.1.